The zero-order chi connectivity index (χ0) is 13.0. The van der Waals surface area contributed by atoms with E-state index < -0.39 is 0 Å². The summed E-state index contributed by atoms with van der Waals surface area (Å²) in [6.45, 7) is 1.98. The molecule has 2 rings (SSSR count). The van der Waals surface area contributed by atoms with Crippen molar-refractivity contribution in [2.24, 2.45) is 0 Å². The number of benzene rings is 1. The van der Waals surface area contributed by atoms with Gasteiger partial charge in [-0.2, -0.15) is 0 Å². The molecule has 5 heteroatoms. The Labute approximate surface area is 114 Å². The van der Waals surface area contributed by atoms with Crippen molar-refractivity contribution >= 4 is 22.0 Å². The number of hydrogen-bond donors (Lipinski definition) is 1. The van der Waals surface area contributed by atoms with Crippen molar-refractivity contribution in [2.75, 3.05) is 0 Å². The van der Waals surface area contributed by atoms with Crippen LogP contribution in [0.15, 0.2) is 47.5 Å². The number of nitrogens with zero attached hydrogens (tertiary/aromatic N) is 2. The molecule has 0 aliphatic heterocycles. The van der Waals surface area contributed by atoms with Crippen LogP contribution in [0.3, 0.4) is 0 Å². The Morgan fingerprint density at radius 1 is 1.44 bits per heavy atom. The zero-order valence-electron chi connectivity index (χ0n) is 10.0. The van der Waals surface area contributed by atoms with Crippen LogP contribution in [0.2, 0.25) is 0 Å². The van der Waals surface area contributed by atoms with E-state index in [9.17, 15) is 4.79 Å². The Kier molecular flexibility index (Phi) is 4.15. The van der Waals surface area contributed by atoms with E-state index in [2.05, 4.69) is 26.2 Å². The smallest absolute Gasteiger partial charge is 0.327 e. The molecule has 0 saturated heterocycles. The predicted molar refractivity (Wildman–Crippen MR) is 73.5 cm³/mol. The molecule has 4 nitrogen and oxygen atoms in total. The van der Waals surface area contributed by atoms with Crippen molar-refractivity contribution in [1.82, 2.24) is 14.9 Å². The topological polar surface area (TPSA) is 46.9 Å². The standard InChI is InChI=1S/C13H14BrN3O/c1-10(8-11-2-4-12(14)5-3-11)16-13(18)17-7-6-15-9-17/h2-7,9-10H,8H2,1H3,(H,16,18). The van der Waals surface area contributed by atoms with E-state index in [1.54, 1.807) is 12.4 Å². The number of hydrogen-bond acceptors (Lipinski definition) is 2. The average molecular weight is 308 g/mol. The lowest BCUT2D eigenvalue weighted by Crippen LogP contribution is -2.36. The maximum Gasteiger partial charge on any atom is 0.327 e. The van der Waals surface area contributed by atoms with E-state index in [4.69, 9.17) is 0 Å². The molecule has 0 spiro atoms. The third-order valence-electron chi connectivity index (χ3n) is 2.56. The first-order chi connectivity index (χ1) is 8.65. The fourth-order valence-corrected chi connectivity index (χ4v) is 1.95. The summed E-state index contributed by atoms with van der Waals surface area (Å²) in [7, 11) is 0. The monoisotopic (exact) mass is 307 g/mol. The van der Waals surface area contributed by atoms with Gasteiger partial charge >= 0.3 is 6.03 Å². The molecular formula is C13H14BrN3O. The van der Waals surface area contributed by atoms with Crippen molar-refractivity contribution in [1.29, 1.82) is 0 Å². The van der Waals surface area contributed by atoms with Gasteiger partial charge in [-0.3, -0.25) is 4.57 Å². The summed E-state index contributed by atoms with van der Waals surface area (Å²) in [6, 6.07) is 8.01. The van der Waals surface area contributed by atoms with Crippen molar-refractivity contribution in [2.45, 2.75) is 19.4 Å². The Bertz CT molecular complexity index is 508. The minimum Gasteiger partial charge on any atom is -0.335 e. The maximum absolute atomic E-state index is 11.8. The molecule has 1 N–H and O–H groups in total. The van der Waals surface area contributed by atoms with Crippen LogP contribution in [0.5, 0.6) is 0 Å². The molecule has 0 aliphatic rings. The number of carbonyl (C=O) groups excluding carboxylic acids is 1. The molecule has 0 bridgehead atoms. The molecule has 1 amide bonds. The van der Waals surface area contributed by atoms with E-state index in [0.29, 0.717) is 0 Å². The summed E-state index contributed by atoms with van der Waals surface area (Å²) in [5.74, 6) is 0. The normalized spacial score (nSPS) is 12.1. The second kappa shape index (κ2) is 5.82. The lowest BCUT2D eigenvalue weighted by atomic mass is 10.1. The summed E-state index contributed by atoms with van der Waals surface area (Å²) in [5, 5.41) is 2.92. The molecule has 0 radical (unpaired) electrons. The van der Waals surface area contributed by atoms with Gasteiger partial charge in [0.2, 0.25) is 0 Å². The number of nitrogens with one attached hydrogen (secondary N) is 1. The average Bonchev–Trinajstić information content (AvgIpc) is 2.85. The highest BCUT2D eigenvalue weighted by molar-refractivity contribution is 9.10. The van der Waals surface area contributed by atoms with Gasteiger partial charge in [-0.15, -0.1) is 0 Å². The first-order valence-electron chi connectivity index (χ1n) is 5.68. The van der Waals surface area contributed by atoms with Crippen LogP contribution < -0.4 is 5.32 Å². The number of amides is 1. The number of aromatic nitrogens is 2. The van der Waals surface area contributed by atoms with Crippen LogP contribution in [0.1, 0.15) is 12.5 Å². The SMILES string of the molecule is CC(Cc1ccc(Br)cc1)NC(=O)n1ccnc1. The molecule has 0 aliphatic carbocycles. The van der Waals surface area contributed by atoms with Crippen LogP contribution in [-0.4, -0.2) is 21.6 Å². The Morgan fingerprint density at radius 3 is 2.78 bits per heavy atom. The van der Waals surface area contributed by atoms with Crippen molar-refractivity contribution < 1.29 is 4.79 Å². The van der Waals surface area contributed by atoms with Gasteiger partial charge in [0, 0.05) is 22.9 Å². The largest absolute Gasteiger partial charge is 0.335 e. The van der Waals surface area contributed by atoms with Gasteiger partial charge in [0.15, 0.2) is 0 Å². The first-order valence-corrected chi connectivity index (χ1v) is 6.48. The summed E-state index contributed by atoms with van der Waals surface area (Å²) in [5.41, 5.74) is 1.19. The van der Waals surface area contributed by atoms with Gasteiger partial charge in [-0.25, -0.2) is 9.78 Å². The highest BCUT2D eigenvalue weighted by Gasteiger charge is 2.09. The minimum atomic E-state index is -0.155. The van der Waals surface area contributed by atoms with E-state index >= 15 is 0 Å². The van der Waals surface area contributed by atoms with Crippen LogP contribution in [0.25, 0.3) is 0 Å². The molecule has 18 heavy (non-hydrogen) atoms. The van der Waals surface area contributed by atoms with Gasteiger partial charge < -0.3 is 5.32 Å². The third kappa shape index (κ3) is 3.43. The van der Waals surface area contributed by atoms with Crippen LogP contribution in [0.4, 0.5) is 4.79 Å². The van der Waals surface area contributed by atoms with Gasteiger partial charge in [-0.05, 0) is 31.0 Å². The van der Waals surface area contributed by atoms with Crippen molar-refractivity contribution in [3.63, 3.8) is 0 Å². The highest BCUT2D eigenvalue weighted by atomic mass is 79.9. The molecule has 0 saturated carbocycles. The van der Waals surface area contributed by atoms with Crippen molar-refractivity contribution in [3.8, 4) is 0 Å². The predicted octanol–water partition coefficient (Wildman–Crippen LogP) is 2.83. The molecule has 1 unspecified atom stereocenters. The van der Waals surface area contributed by atoms with Crippen LogP contribution in [-0.2, 0) is 6.42 Å². The number of halogens is 1. The second-order valence-electron chi connectivity index (χ2n) is 4.15. The zero-order valence-corrected chi connectivity index (χ0v) is 11.6. The quantitative estimate of drug-likeness (QED) is 0.948. The lowest BCUT2D eigenvalue weighted by Gasteiger charge is -2.14. The van der Waals surface area contributed by atoms with Gasteiger partial charge in [0.25, 0.3) is 0 Å². The molecule has 0 fully saturated rings. The molecule has 1 aromatic carbocycles. The first kappa shape index (κ1) is 12.8. The number of imidazole rings is 1. The highest BCUT2D eigenvalue weighted by Crippen LogP contribution is 2.11. The molecule has 94 valence electrons. The summed E-state index contributed by atoms with van der Waals surface area (Å²) >= 11 is 3.40. The molecule has 1 aromatic heterocycles. The minimum absolute atomic E-state index is 0.0704. The molecule has 1 atom stereocenters. The summed E-state index contributed by atoms with van der Waals surface area (Å²) in [6.07, 6.45) is 5.50. The number of rotatable bonds is 3. The van der Waals surface area contributed by atoms with E-state index in [-0.39, 0.29) is 12.1 Å². The summed E-state index contributed by atoms with van der Waals surface area (Å²) in [4.78, 5) is 15.6. The van der Waals surface area contributed by atoms with Crippen molar-refractivity contribution in [3.05, 3.63) is 53.0 Å². The lowest BCUT2D eigenvalue weighted by molar-refractivity contribution is 0.239. The third-order valence-corrected chi connectivity index (χ3v) is 3.09. The van der Waals surface area contributed by atoms with Gasteiger partial charge in [0.1, 0.15) is 6.33 Å². The van der Waals surface area contributed by atoms with Gasteiger partial charge in [0.05, 0.1) is 0 Å². The van der Waals surface area contributed by atoms with E-state index in [1.165, 1.54) is 16.5 Å². The van der Waals surface area contributed by atoms with Crippen LogP contribution in [0, 0.1) is 0 Å². The fraction of sp³-hybridized carbons (Fsp3) is 0.231. The maximum atomic E-state index is 11.8. The van der Waals surface area contributed by atoms with Gasteiger partial charge in [-0.1, -0.05) is 28.1 Å². The van der Waals surface area contributed by atoms with Crippen LogP contribution >= 0.6 is 15.9 Å². The molecule has 2 aromatic rings. The Hall–Kier alpha value is -1.62. The summed E-state index contributed by atoms with van der Waals surface area (Å²) < 4.78 is 2.49. The fourth-order valence-electron chi connectivity index (χ4n) is 1.69. The van der Waals surface area contributed by atoms with E-state index in [0.717, 1.165) is 10.9 Å². The second-order valence-corrected chi connectivity index (χ2v) is 5.07. The molecule has 1 heterocycles. The Balaban J connectivity index is 1.90. The van der Waals surface area contributed by atoms with E-state index in [1.807, 2.05) is 31.2 Å². The Morgan fingerprint density at radius 2 is 2.17 bits per heavy atom. The number of carbonyl (C=O) groups is 1. The molecular weight excluding hydrogens is 294 g/mol.